The van der Waals surface area contributed by atoms with Gasteiger partial charge in [0.05, 0.1) is 31.5 Å². The molecule has 1 unspecified atom stereocenters. The molecule has 3 rings (SSSR count). The first kappa shape index (κ1) is 20.0. The summed E-state index contributed by atoms with van der Waals surface area (Å²) in [4.78, 5) is 7.83. The molecule has 1 aliphatic heterocycles. The van der Waals surface area contributed by atoms with Gasteiger partial charge in [-0.15, -0.1) is 11.8 Å². The van der Waals surface area contributed by atoms with Crippen LogP contribution in [0.2, 0.25) is 0 Å². The summed E-state index contributed by atoms with van der Waals surface area (Å²) < 4.78 is 10.7. The van der Waals surface area contributed by atoms with Crippen LogP contribution < -0.4 is 10.5 Å². The number of pyridine rings is 1. The van der Waals surface area contributed by atoms with Gasteiger partial charge in [-0.25, -0.2) is 9.83 Å². The average molecular weight is 396 g/mol. The molecule has 0 radical (unpaired) electrons. The number of aliphatic hydroxyl groups excluding tert-OH is 1. The number of aliphatic hydroxyl groups is 1. The van der Waals surface area contributed by atoms with Gasteiger partial charge in [-0.05, 0) is 24.6 Å². The van der Waals surface area contributed by atoms with Crippen LogP contribution in [0.25, 0.3) is 16.0 Å². The topological polar surface area (TPSA) is 106 Å². The maximum atomic E-state index is 9.78. The summed E-state index contributed by atoms with van der Waals surface area (Å²) in [6, 6.07) is 9.22. The number of ether oxygens (including phenoxy) is 2. The number of rotatable bonds is 7. The summed E-state index contributed by atoms with van der Waals surface area (Å²) in [6.45, 7) is 10.8. The lowest BCUT2D eigenvalue weighted by atomic mass is 10.00. The molecule has 1 aromatic carbocycles. The molecular weight excluding hydrogens is 376 g/mol. The number of thioether (sulfide) groups is 1. The van der Waals surface area contributed by atoms with Gasteiger partial charge in [-0.3, -0.25) is 0 Å². The molecule has 28 heavy (non-hydrogen) atoms. The number of hydrogen-bond acceptors (Lipinski definition) is 7. The Morgan fingerprint density at radius 1 is 1.46 bits per heavy atom. The van der Waals surface area contributed by atoms with Crippen molar-refractivity contribution in [3.8, 4) is 22.9 Å². The predicted molar refractivity (Wildman–Crippen MR) is 107 cm³/mol. The highest BCUT2D eigenvalue weighted by Crippen LogP contribution is 2.42. The number of nitrogens with two attached hydrogens (primary N) is 1. The van der Waals surface area contributed by atoms with Gasteiger partial charge in [0, 0.05) is 17.2 Å². The zero-order valence-electron chi connectivity index (χ0n) is 15.4. The smallest absolute Gasteiger partial charge is 0.236 e. The Balaban J connectivity index is 1.96. The highest BCUT2D eigenvalue weighted by atomic mass is 32.2. The van der Waals surface area contributed by atoms with E-state index in [1.807, 2.05) is 0 Å². The van der Waals surface area contributed by atoms with Crippen LogP contribution >= 0.6 is 11.8 Å². The summed E-state index contributed by atoms with van der Waals surface area (Å²) >= 11 is 1.46. The minimum atomic E-state index is -0.570. The van der Waals surface area contributed by atoms with Crippen LogP contribution in [-0.4, -0.2) is 41.8 Å². The lowest BCUT2D eigenvalue weighted by molar-refractivity contribution is -0.0196. The van der Waals surface area contributed by atoms with Crippen molar-refractivity contribution in [2.45, 2.75) is 18.1 Å². The molecule has 8 heteroatoms. The number of benzene rings is 1. The van der Waals surface area contributed by atoms with E-state index in [1.54, 1.807) is 31.2 Å². The molecule has 0 aliphatic carbocycles. The molecular formula is C20H20N4O3S. The maximum absolute atomic E-state index is 9.78. The zero-order valence-corrected chi connectivity index (χ0v) is 16.2. The van der Waals surface area contributed by atoms with Crippen LogP contribution in [0.4, 0.5) is 11.5 Å². The van der Waals surface area contributed by atoms with Crippen molar-refractivity contribution in [3.63, 3.8) is 0 Å². The summed E-state index contributed by atoms with van der Waals surface area (Å²) in [6.07, 6.45) is -0.570. The summed E-state index contributed by atoms with van der Waals surface area (Å²) in [5.41, 5.74) is 7.73. The number of nitriles is 1. The first-order valence-corrected chi connectivity index (χ1v) is 9.75. The number of nitrogens with zero attached hydrogens (tertiary/aromatic N) is 3. The summed E-state index contributed by atoms with van der Waals surface area (Å²) in [5, 5.41) is 19.6. The summed E-state index contributed by atoms with van der Waals surface area (Å²) in [7, 11) is 0. The molecule has 2 heterocycles. The molecule has 0 saturated carbocycles. The molecule has 2 aromatic rings. The summed E-state index contributed by atoms with van der Waals surface area (Å²) in [5.74, 6) is 1.93. The molecule has 1 aromatic heterocycles. The Bertz CT molecular complexity index is 928. The fourth-order valence-electron chi connectivity index (χ4n) is 2.69. The Labute approximate surface area is 167 Å². The molecule has 1 saturated heterocycles. The van der Waals surface area contributed by atoms with E-state index in [0.717, 1.165) is 5.75 Å². The van der Waals surface area contributed by atoms with Crippen LogP contribution in [0.5, 0.6) is 5.75 Å². The van der Waals surface area contributed by atoms with E-state index in [1.165, 1.54) is 11.8 Å². The van der Waals surface area contributed by atoms with E-state index in [4.69, 9.17) is 21.8 Å². The monoisotopic (exact) mass is 396 g/mol. The third kappa shape index (κ3) is 4.37. The Hall–Kier alpha value is -2.78. The molecule has 1 fully saturated rings. The second-order valence-electron chi connectivity index (χ2n) is 6.52. The van der Waals surface area contributed by atoms with E-state index >= 15 is 0 Å². The van der Waals surface area contributed by atoms with Crippen molar-refractivity contribution in [1.29, 1.82) is 5.26 Å². The highest BCUT2D eigenvalue weighted by Gasteiger charge is 2.23. The number of aromatic nitrogens is 1. The molecule has 0 amide bonds. The number of nitrogen functional groups attached to an aromatic ring is 1. The molecule has 0 spiro atoms. The first-order valence-electron chi connectivity index (χ1n) is 8.76. The van der Waals surface area contributed by atoms with Gasteiger partial charge in [0.1, 0.15) is 29.3 Å². The van der Waals surface area contributed by atoms with E-state index in [0.29, 0.717) is 46.6 Å². The van der Waals surface area contributed by atoms with Crippen LogP contribution in [0.3, 0.4) is 0 Å². The van der Waals surface area contributed by atoms with E-state index < -0.39 is 6.10 Å². The molecule has 3 N–H and O–H groups in total. The van der Waals surface area contributed by atoms with Gasteiger partial charge in [-0.2, -0.15) is 5.26 Å². The van der Waals surface area contributed by atoms with Crippen molar-refractivity contribution in [2.75, 3.05) is 31.3 Å². The minimum absolute atomic E-state index is 0.116. The standard InChI is InChI=1S/C20H20N4O3S/c1-12(25)8-27-15-5-3-14(4-6-15)17-16(7-21)20(24-19(22)18(17)23-2)28-11-13-9-26-10-13/h3-6,12-13,25H,8-11H2,1H3,(H2,22,24). The second kappa shape index (κ2) is 8.94. The predicted octanol–water partition coefficient (Wildman–Crippen LogP) is 3.25. The lowest BCUT2D eigenvalue weighted by Crippen LogP contribution is -2.29. The fourth-order valence-corrected chi connectivity index (χ4v) is 3.73. The normalized spacial score (nSPS) is 14.6. The molecule has 1 atom stereocenters. The molecule has 0 bridgehead atoms. The van der Waals surface area contributed by atoms with Gasteiger partial charge in [0.15, 0.2) is 0 Å². The third-order valence-corrected chi connectivity index (χ3v) is 5.39. The van der Waals surface area contributed by atoms with Crippen molar-refractivity contribution < 1.29 is 14.6 Å². The van der Waals surface area contributed by atoms with Gasteiger partial charge >= 0.3 is 0 Å². The van der Waals surface area contributed by atoms with Gasteiger partial charge < -0.3 is 20.3 Å². The average Bonchev–Trinajstić information content (AvgIpc) is 2.65. The first-order chi connectivity index (χ1) is 13.5. The van der Waals surface area contributed by atoms with Crippen molar-refractivity contribution in [3.05, 3.63) is 41.2 Å². The molecule has 144 valence electrons. The van der Waals surface area contributed by atoms with Gasteiger partial charge in [0.2, 0.25) is 5.69 Å². The van der Waals surface area contributed by atoms with E-state index in [9.17, 15) is 10.4 Å². The van der Waals surface area contributed by atoms with Crippen LogP contribution in [0.1, 0.15) is 12.5 Å². The Kier molecular flexibility index (Phi) is 6.37. The maximum Gasteiger partial charge on any atom is 0.236 e. The van der Waals surface area contributed by atoms with Crippen molar-refractivity contribution in [1.82, 2.24) is 4.98 Å². The lowest BCUT2D eigenvalue weighted by Gasteiger charge is -2.25. The Morgan fingerprint density at radius 3 is 2.71 bits per heavy atom. The second-order valence-corrected chi connectivity index (χ2v) is 7.53. The minimum Gasteiger partial charge on any atom is -0.491 e. The number of anilines is 1. The highest BCUT2D eigenvalue weighted by molar-refractivity contribution is 7.99. The van der Waals surface area contributed by atoms with Gasteiger partial charge in [0.25, 0.3) is 0 Å². The quantitative estimate of drug-likeness (QED) is 0.546. The SMILES string of the molecule is [C-]#[N+]c1c(N)nc(SCC2COC2)c(C#N)c1-c1ccc(OCC(C)O)cc1. The van der Waals surface area contributed by atoms with Crippen molar-refractivity contribution in [2.24, 2.45) is 5.92 Å². The largest absolute Gasteiger partial charge is 0.491 e. The third-order valence-electron chi connectivity index (χ3n) is 4.19. The van der Waals surface area contributed by atoms with E-state index in [2.05, 4.69) is 15.9 Å². The number of hydrogen-bond donors (Lipinski definition) is 2. The zero-order chi connectivity index (χ0) is 20.1. The van der Waals surface area contributed by atoms with Crippen LogP contribution in [0, 0.1) is 23.8 Å². The molecule has 7 nitrogen and oxygen atoms in total. The van der Waals surface area contributed by atoms with Gasteiger partial charge in [-0.1, -0.05) is 12.1 Å². The molecule has 1 aliphatic rings. The van der Waals surface area contributed by atoms with Crippen molar-refractivity contribution >= 4 is 23.3 Å². The van der Waals surface area contributed by atoms with Crippen LogP contribution in [0.15, 0.2) is 29.3 Å². The Morgan fingerprint density at radius 2 is 2.18 bits per heavy atom. The van der Waals surface area contributed by atoms with Crippen LogP contribution in [-0.2, 0) is 4.74 Å². The fraction of sp³-hybridized carbons (Fsp3) is 0.350. The van der Waals surface area contributed by atoms with E-state index in [-0.39, 0.29) is 18.1 Å².